The fraction of sp³-hybridized carbons (Fsp3) is 0.364. The molecule has 7 nitrogen and oxygen atoms in total. The van der Waals surface area contributed by atoms with E-state index in [1.165, 1.54) is 35.0 Å². The second-order valence-electron chi connectivity index (χ2n) is 7.62. The standard InChI is InChI=1S/C22H28N4O3S2/c1-4-26-20-10-9-18(31(23,28)29)13-19(20)25-22(26)30-14-21(27)24-12-11-16-5-7-17(8-6-16)15(2)3/h5-10,13,15H,4,11-12,14H2,1-3H3,(H,24,27)(H2,23,28,29). The van der Waals surface area contributed by atoms with Crippen LogP contribution in [0.2, 0.25) is 0 Å². The van der Waals surface area contributed by atoms with Crippen LogP contribution in [0.15, 0.2) is 52.5 Å². The number of benzene rings is 2. The molecule has 0 fully saturated rings. The minimum Gasteiger partial charge on any atom is -0.355 e. The summed E-state index contributed by atoms with van der Waals surface area (Å²) in [5.41, 5.74) is 3.85. The monoisotopic (exact) mass is 460 g/mol. The molecular formula is C22H28N4O3S2. The molecule has 1 aromatic heterocycles. The van der Waals surface area contributed by atoms with Gasteiger partial charge in [-0.05, 0) is 48.6 Å². The lowest BCUT2D eigenvalue weighted by molar-refractivity contribution is -0.118. The van der Waals surface area contributed by atoms with Gasteiger partial charge in [0.1, 0.15) is 0 Å². The molecule has 0 saturated heterocycles. The van der Waals surface area contributed by atoms with Gasteiger partial charge < -0.3 is 9.88 Å². The molecule has 0 aliphatic rings. The van der Waals surface area contributed by atoms with E-state index in [-0.39, 0.29) is 16.6 Å². The first-order valence-corrected chi connectivity index (χ1v) is 12.7. The molecule has 0 spiro atoms. The molecule has 3 rings (SSSR count). The van der Waals surface area contributed by atoms with Crippen LogP contribution >= 0.6 is 11.8 Å². The van der Waals surface area contributed by atoms with Crippen molar-refractivity contribution < 1.29 is 13.2 Å². The van der Waals surface area contributed by atoms with E-state index in [1.54, 1.807) is 6.07 Å². The number of hydrogen-bond acceptors (Lipinski definition) is 5. The van der Waals surface area contributed by atoms with Crippen LogP contribution in [0.5, 0.6) is 0 Å². The average molecular weight is 461 g/mol. The Hall–Kier alpha value is -2.36. The summed E-state index contributed by atoms with van der Waals surface area (Å²) in [6, 6.07) is 13.1. The normalized spacial score (nSPS) is 11.9. The van der Waals surface area contributed by atoms with Gasteiger partial charge in [0.2, 0.25) is 15.9 Å². The van der Waals surface area contributed by atoms with Gasteiger partial charge >= 0.3 is 0 Å². The number of imidazole rings is 1. The molecule has 31 heavy (non-hydrogen) atoms. The van der Waals surface area contributed by atoms with Crippen LogP contribution in [0.1, 0.15) is 37.8 Å². The Morgan fingerprint density at radius 1 is 1.19 bits per heavy atom. The molecule has 9 heteroatoms. The van der Waals surface area contributed by atoms with Gasteiger partial charge in [0.25, 0.3) is 0 Å². The molecule has 0 radical (unpaired) electrons. The molecule has 3 N–H and O–H groups in total. The number of nitrogens with two attached hydrogens (primary N) is 1. The van der Waals surface area contributed by atoms with Crippen molar-refractivity contribution in [2.75, 3.05) is 12.3 Å². The SMILES string of the molecule is CCn1c(SCC(=O)NCCc2ccc(C(C)C)cc2)nc2cc(S(N)(=O)=O)ccc21. The van der Waals surface area contributed by atoms with Gasteiger partial charge in [0.05, 0.1) is 21.7 Å². The maximum absolute atomic E-state index is 12.3. The third-order valence-electron chi connectivity index (χ3n) is 5.04. The fourth-order valence-corrected chi connectivity index (χ4v) is 4.72. The van der Waals surface area contributed by atoms with E-state index >= 15 is 0 Å². The van der Waals surface area contributed by atoms with Crippen LogP contribution in [0, 0.1) is 0 Å². The van der Waals surface area contributed by atoms with E-state index in [0.29, 0.717) is 29.7 Å². The Bertz CT molecular complexity index is 1170. The number of nitrogens with zero attached hydrogens (tertiary/aromatic N) is 2. The van der Waals surface area contributed by atoms with E-state index in [0.717, 1.165) is 11.9 Å². The van der Waals surface area contributed by atoms with Crippen molar-refractivity contribution >= 4 is 38.7 Å². The predicted molar refractivity (Wildman–Crippen MR) is 125 cm³/mol. The Morgan fingerprint density at radius 2 is 1.90 bits per heavy atom. The van der Waals surface area contributed by atoms with Gasteiger partial charge in [-0.25, -0.2) is 18.5 Å². The van der Waals surface area contributed by atoms with Crippen LogP contribution < -0.4 is 10.5 Å². The number of carbonyl (C=O) groups excluding carboxylic acids is 1. The van der Waals surface area contributed by atoms with Gasteiger partial charge in [-0.3, -0.25) is 4.79 Å². The first kappa shape index (κ1) is 23.3. The van der Waals surface area contributed by atoms with Crippen molar-refractivity contribution in [1.82, 2.24) is 14.9 Å². The van der Waals surface area contributed by atoms with Gasteiger partial charge in [0, 0.05) is 13.1 Å². The highest BCUT2D eigenvalue weighted by Crippen LogP contribution is 2.25. The molecule has 3 aromatic rings. The topological polar surface area (TPSA) is 107 Å². The average Bonchev–Trinajstić information content (AvgIpc) is 3.08. The van der Waals surface area contributed by atoms with Crippen molar-refractivity contribution in [3.05, 3.63) is 53.6 Å². The minimum absolute atomic E-state index is 0.0245. The van der Waals surface area contributed by atoms with Gasteiger partial charge in [-0.1, -0.05) is 49.9 Å². The van der Waals surface area contributed by atoms with Crippen LogP contribution in [-0.2, 0) is 27.8 Å². The number of rotatable bonds is 9. The summed E-state index contributed by atoms with van der Waals surface area (Å²) in [5.74, 6) is 0.672. The molecule has 0 atom stereocenters. The maximum Gasteiger partial charge on any atom is 0.238 e. The van der Waals surface area contributed by atoms with E-state index in [1.807, 2.05) is 11.5 Å². The van der Waals surface area contributed by atoms with Crippen LogP contribution in [0.3, 0.4) is 0 Å². The first-order valence-electron chi connectivity index (χ1n) is 10.2. The van der Waals surface area contributed by atoms with E-state index in [4.69, 9.17) is 5.14 Å². The number of aryl methyl sites for hydroxylation is 1. The predicted octanol–water partition coefficient (Wildman–Crippen LogP) is 3.28. The van der Waals surface area contributed by atoms with Crippen LogP contribution in [-0.4, -0.2) is 36.2 Å². The zero-order valence-electron chi connectivity index (χ0n) is 18.0. The Kier molecular flexibility index (Phi) is 7.40. The molecule has 0 saturated carbocycles. The molecule has 1 amide bonds. The van der Waals surface area contributed by atoms with Crippen molar-refractivity contribution in [2.24, 2.45) is 5.14 Å². The lowest BCUT2D eigenvalue weighted by atomic mass is 10.0. The zero-order chi connectivity index (χ0) is 22.6. The van der Waals surface area contributed by atoms with Gasteiger partial charge in [-0.2, -0.15) is 0 Å². The number of aromatic nitrogens is 2. The largest absolute Gasteiger partial charge is 0.355 e. The third-order valence-corrected chi connectivity index (χ3v) is 6.93. The summed E-state index contributed by atoms with van der Waals surface area (Å²) >= 11 is 1.33. The number of primary sulfonamides is 1. The number of nitrogens with one attached hydrogen (secondary N) is 1. The Morgan fingerprint density at radius 3 is 2.52 bits per heavy atom. The molecule has 0 unspecified atom stereocenters. The van der Waals surface area contributed by atoms with E-state index in [2.05, 4.69) is 48.4 Å². The summed E-state index contributed by atoms with van der Waals surface area (Å²) in [7, 11) is -3.79. The summed E-state index contributed by atoms with van der Waals surface area (Å²) in [6.45, 7) is 7.53. The first-order chi connectivity index (χ1) is 14.7. The quantitative estimate of drug-likeness (QED) is 0.477. The lowest BCUT2D eigenvalue weighted by Crippen LogP contribution is -2.27. The Balaban J connectivity index is 1.58. The Labute approximate surface area is 187 Å². The highest BCUT2D eigenvalue weighted by Gasteiger charge is 2.15. The maximum atomic E-state index is 12.3. The number of amides is 1. The molecule has 1 heterocycles. The number of fused-ring (bicyclic) bond motifs is 1. The second-order valence-corrected chi connectivity index (χ2v) is 10.1. The zero-order valence-corrected chi connectivity index (χ0v) is 19.6. The minimum atomic E-state index is -3.79. The van der Waals surface area contributed by atoms with Crippen LogP contribution in [0.4, 0.5) is 0 Å². The summed E-state index contributed by atoms with van der Waals surface area (Å²) in [4.78, 5) is 16.8. The molecule has 2 aromatic carbocycles. The van der Waals surface area contributed by atoms with Gasteiger partial charge in [0.15, 0.2) is 5.16 Å². The molecular weight excluding hydrogens is 432 g/mol. The lowest BCUT2D eigenvalue weighted by Gasteiger charge is -2.08. The molecule has 0 bridgehead atoms. The number of thioether (sulfide) groups is 1. The van der Waals surface area contributed by atoms with Crippen molar-refractivity contribution in [3.8, 4) is 0 Å². The highest BCUT2D eigenvalue weighted by molar-refractivity contribution is 7.99. The molecule has 0 aliphatic heterocycles. The number of hydrogen-bond donors (Lipinski definition) is 2. The molecule has 0 aliphatic carbocycles. The highest BCUT2D eigenvalue weighted by atomic mass is 32.2. The van der Waals surface area contributed by atoms with Gasteiger partial charge in [-0.15, -0.1) is 0 Å². The summed E-state index contributed by atoms with van der Waals surface area (Å²) in [6.07, 6.45) is 0.776. The smallest absolute Gasteiger partial charge is 0.238 e. The molecule has 166 valence electrons. The van der Waals surface area contributed by atoms with Crippen molar-refractivity contribution in [3.63, 3.8) is 0 Å². The van der Waals surface area contributed by atoms with E-state index in [9.17, 15) is 13.2 Å². The van der Waals surface area contributed by atoms with Crippen molar-refractivity contribution in [2.45, 2.75) is 49.7 Å². The number of carbonyl (C=O) groups is 1. The third kappa shape index (κ3) is 5.87. The van der Waals surface area contributed by atoms with Crippen molar-refractivity contribution in [1.29, 1.82) is 0 Å². The van der Waals surface area contributed by atoms with E-state index < -0.39 is 10.0 Å². The second kappa shape index (κ2) is 9.84. The summed E-state index contributed by atoms with van der Waals surface area (Å²) < 4.78 is 25.1. The fourth-order valence-electron chi connectivity index (χ4n) is 3.28. The van der Waals surface area contributed by atoms with Crippen LogP contribution in [0.25, 0.3) is 11.0 Å². The number of sulfonamides is 1. The summed E-state index contributed by atoms with van der Waals surface area (Å²) in [5, 5.41) is 8.83.